The van der Waals surface area contributed by atoms with E-state index in [1.165, 1.54) is 0 Å². The van der Waals surface area contributed by atoms with Crippen LogP contribution in [0, 0.1) is 0 Å². The Hall–Kier alpha value is -1.06. The molecule has 0 heterocycles. The first-order valence-electron chi connectivity index (χ1n) is 4.30. The number of benzene rings is 1. The van der Waals surface area contributed by atoms with Crippen LogP contribution in [0.25, 0.3) is 0 Å². The molecule has 0 fully saturated rings. The van der Waals surface area contributed by atoms with Gasteiger partial charge in [0, 0.05) is 11.6 Å². The van der Waals surface area contributed by atoms with Gasteiger partial charge in [0.15, 0.2) is 0 Å². The molecule has 3 heteroatoms. The number of hydrogen-bond donors (Lipinski definition) is 3. The summed E-state index contributed by atoms with van der Waals surface area (Å²) in [6, 6.07) is 5.32. The average molecular weight is 181 g/mol. The molecule has 4 N–H and O–H groups in total. The Bertz CT molecular complexity index is 284. The van der Waals surface area contributed by atoms with E-state index in [9.17, 15) is 5.11 Å². The van der Waals surface area contributed by atoms with Gasteiger partial charge in [-0.15, -0.1) is 0 Å². The fourth-order valence-electron chi connectivity index (χ4n) is 1.24. The number of hydrogen-bond acceptors (Lipinski definition) is 3. The zero-order valence-electron chi connectivity index (χ0n) is 7.70. The molecule has 0 amide bonds. The van der Waals surface area contributed by atoms with Gasteiger partial charge in [0.25, 0.3) is 0 Å². The van der Waals surface area contributed by atoms with Crippen molar-refractivity contribution in [2.75, 3.05) is 0 Å². The molecule has 0 bridgehead atoms. The minimum absolute atomic E-state index is 0.0828. The summed E-state index contributed by atoms with van der Waals surface area (Å²) in [5.74, 6) is 0.139. The number of aromatic hydroxyl groups is 1. The maximum absolute atomic E-state index is 9.40. The highest BCUT2D eigenvalue weighted by molar-refractivity contribution is 5.36. The van der Waals surface area contributed by atoms with Gasteiger partial charge in [0.05, 0.1) is 6.61 Å². The Labute approximate surface area is 77.8 Å². The van der Waals surface area contributed by atoms with Gasteiger partial charge >= 0.3 is 0 Å². The minimum atomic E-state index is -0.135. The van der Waals surface area contributed by atoms with Crippen LogP contribution in [0.2, 0.25) is 0 Å². The van der Waals surface area contributed by atoms with E-state index in [2.05, 4.69) is 0 Å². The van der Waals surface area contributed by atoms with E-state index >= 15 is 0 Å². The third-order valence-corrected chi connectivity index (χ3v) is 1.88. The molecule has 0 spiro atoms. The van der Waals surface area contributed by atoms with Crippen molar-refractivity contribution in [1.29, 1.82) is 0 Å². The summed E-state index contributed by atoms with van der Waals surface area (Å²) in [7, 11) is 0. The van der Waals surface area contributed by atoms with Gasteiger partial charge in [0.2, 0.25) is 0 Å². The Balaban J connectivity index is 2.83. The highest BCUT2D eigenvalue weighted by Crippen LogP contribution is 2.19. The second kappa shape index (κ2) is 4.25. The van der Waals surface area contributed by atoms with Gasteiger partial charge < -0.3 is 15.9 Å². The van der Waals surface area contributed by atoms with Gasteiger partial charge in [-0.1, -0.05) is 12.1 Å². The monoisotopic (exact) mass is 181 g/mol. The van der Waals surface area contributed by atoms with Crippen molar-refractivity contribution >= 4 is 0 Å². The van der Waals surface area contributed by atoms with E-state index in [1.54, 1.807) is 12.1 Å². The molecule has 1 aromatic rings. The molecule has 0 saturated carbocycles. The molecule has 0 aromatic heterocycles. The predicted octanol–water partition coefficient (Wildman–Crippen LogP) is 0.774. The van der Waals surface area contributed by atoms with Crippen molar-refractivity contribution in [3.63, 3.8) is 0 Å². The minimum Gasteiger partial charge on any atom is -0.508 e. The lowest BCUT2D eigenvalue weighted by atomic mass is 10.1. The Morgan fingerprint density at radius 1 is 1.46 bits per heavy atom. The molecular weight excluding hydrogens is 166 g/mol. The number of phenols is 1. The predicted molar refractivity (Wildman–Crippen MR) is 51.4 cm³/mol. The molecule has 3 nitrogen and oxygen atoms in total. The third-order valence-electron chi connectivity index (χ3n) is 1.88. The third kappa shape index (κ3) is 2.72. The summed E-state index contributed by atoms with van der Waals surface area (Å²) in [4.78, 5) is 0. The summed E-state index contributed by atoms with van der Waals surface area (Å²) in [5.41, 5.74) is 7.15. The molecule has 1 atom stereocenters. The fraction of sp³-hybridized carbons (Fsp3) is 0.400. The quantitative estimate of drug-likeness (QED) is 0.645. The van der Waals surface area contributed by atoms with Crippen LogP contribution < -0.4 is 5.73 Å². The molecule has 0 radical (unpaired) electrons. The number of rotatable bonds is 3. The summed E-state index contributed by atoms with van der Waals surface area (Å²) >= 11 is 0. The summed E-state index contributed by atoms with van der Waals surface area (Å²) < 4.78 is 0. The van der Waals surface area contributed by atoms with Crippen LogP contribution in [0.4, 0.5) is 0 Å². The molecule has 0 unspecified atom stereocenters. The lowest BCUT2D eigenvalue weighted by Gasteiger charge is -2.07. The number of aliphatic hydroxyl groups is 1. The van der Waals surface area contributed by atoms with Crippen molar-refractivity contribution in [2.45, 2.75) is 26.0 Å². The van der Waals surface area contributed by atoms with Crippen LogP contribution in [0.15, 0.2) is 18.2 Å². The Kier molecular flexibility index (Phi) is 3.28. The van der Waals surface area contributed by atoms with E-state index in [0.29, 0.717) is 5.56 Å². The molecule has 0 saturated heterocycles. The van der Waals surface area contributed by atoms with E-state index in [4.69, 9.17) is 10.8 Å². The second-order valence-corrected chi connectivity index (χ2v) is 3.30. The maximum atomic E-state index is 9.40. The summed E-state index contributed by atoms with van der Waals surface area (Å²) in [6.45, 7) is 1.78. The normalized spacial score (nSPS) is 12.8. The van der Waals surface area contributed by atoms with Crippen molar-refractivity contribution < 1.29 is 10.2 Å². The first kappa shape index (κ1) is 10.0. The smallest absolute Gasteiger partial charge is 0.121 e. The summed E-state index contributed by atoms with van der Waals surface area (Å²) in [5, 5.41) is 18.2. The van der Waals surface area contributed by atoms with Crippen LogP contribution >= 0.6 is 0 Å². The molecule has 72 valence electrons. The average Bonchev–Trinajstić information content (AvgIpc) is 2.03. The number of nitrogens with two attached hydrogens (primary N) is 1. The van der Waals surface area contributed by atoms with Crippen LogP contribution in [0.5, 0.6) is 5.75 Å². The van der Waals surface area contributed by atoms with Gasteiger partial charge in [-0.2, -0.15) is 0 Å². The van der Waals surface area contributed by atoms with E-state index in [-0.39, 0.29) is 18.4 Å². The second-order valence-electron chi connectivity index (χ2n) is 3.30. The largest absolute Gasteiger partial charge is 0.508 e. The highest BCUT2D eigenvalue weighted by Gasteiger charge is 2.02. The van der Waals surface area contributed by atoms with Gasteiger partial charge in [0.1, 0.15) is 5.75 Å². The van der Waals surface area contributed by atoms with E-state index in [0.717, 1.165) is 12.0 Å². The van der Waals surface area contributed by atoms with Crippen LogP contribution in [0.1, 0.15) is 18.1 Å². The van der Waals surface area contributed by atoms with Gasteiger partial charge in [-0.3, -0.25) is 0 Å². The zero-order valence-corrected chi connectivity index (χ0v) is 7.70. The standard InChI is InChI=1S/C10H15NO2/c1-7(11)4-8-2-3-9(6-12)10(13)5-8/h2-3,5,7,12-13H,4,6,11H2,1H3/t7-/m0/s1. The molecule has 1 rings (SSSR count). The topological polar surface area (TPSA) is 66.5 Å². The Morgan fingerprint density at radius 3 is 2.62 bits per heavy atom. The lowest BCUT2D eigenvalue weighted by Crippen LogP contribution is -2.17. The fourth-order valence-corrected chi connectivity index (χ4v) is 1.24. The Morgan fingerprint density at radius 2 is 2.15 bits per heavy atom. The highest BCUT2D eigenvalue weighted by atomic mass is 16.3. The van der Waals surface area contributed by atoms with Crippen molar-refractivity contribution in [2.24, 2.45) is 5.73 Å². The molecule has 0 aliphatic rings. The molecule has 0 aliphatic heterocycles. The van der Waals surface area contributed by atoms with Gasteiger partial charge in [-0.05, 0) is 25.0 Å². The SMILES string of the molecule is C[C@H](N)Cc1ccc(CO)c(O)c1. The maximum Gasteiger partial charge on any atom is 0.121 e. The van der Waals surface area contributed by atoms with Gasteiger partial charge in [-0.25, -0.2) is 0 Å². The van der Waals surface area contributed by atoms with E-state index < -0.39 is 0 Å². The van der Waals surface area contributed by atoms with Crippen molar-refractivity contribution in [3.8, 4) is 5.75 Å². The van der Waals surface area contributed by atoms with Crippen molar-refractivity contribution in [3.05, 3.63) is 29.3 Å². The summed E-state index contributed by atoms with van der Waals surface area (Å²) in [6.07, 6.45) is 0.735. The van der Waals surface area contributed by atoms with Crippen LogP contribution in [0.3, 0.4) is 0 Å². The first-order chi connectivity index (χ1) is 6.13. The number of aliphatic hydroxyl groups excluding tert-OH is 1. The lowest BCUT2D eigenvalue weighted by molar-refractivity contribution is 0.275. The van der Waals surface area contributed by atoms with E-state index in [1.807, 2.05) is 13.0 Å². The van der Waals surface area contributed by atoms with Crippen LogP contribution in [-0.4, -0.2) is 16.3 Å². The molecule has 0 aliphatic carbocycles. The molecule has 1 aromatic carbocycles. The molecular formula is C10H15NO2. The molecule has 13 heavy (non-hydrogen) atoms. The van der Waals surface area contributed by atoms with Crippen molar-refractivity contribution in [1.82, 2.24) is 0 Å². The first-order valence-corrected chi connectivity index (χ1v) is 4.30. The zero-order chi connectivity index (χ0) is 9.84. The van der Waals surface area contributed by atoms with Crippen LogP contribution in [-0.2, 0) is 13.0 Å².